The lowest BCUT2D eigenvalue weighted by Crippen LogP contribution is -2.44. The van der Waals surface area contributed by atoms with Gasteiger partial charge in [-0.1, -0.05) is 28.4 Å². The summed E-state index contributed by atoms with van der Waals surface area (Å²) in [5.41, 5.74) is 7.54. The van der Waals surface area contributed by atoms with Crippen molar-refractivity contribution in [1.82, 2.24) is 30.2 Å². The second-order valence-electron chi connectivity index (χ2n) is 8.66. The standard InChI is InChI=1S/C22H20Cl2N8O2/c1-10-27-9-32(29-10)12-3-4-13(14(23)6-12)22(33)28-18-11-2-5-16(18)31(8-11)21-19-17(15(24)7-26-21)20(25)30-34-19/h3-4,6-7,9,11,16,18H,2,5,8H2,1H3,(H2,25,30)(H,28,33). The molecule has 2 bridgehead atoms. The molecule has 34 heavy (non-hydrogen) atoms. The molecule has 3 aromatic heterocycles. The van der Waals surface area contributed by atoms with Gasteiger partial charge in [0.05, 0.1) is 38.8 Å². The van der Waals surface area contributed by atoms with Gasteiger partial charge in [0, 0.05) is 12.7 Å². The summed E-state index contributed by atoms with van der Waals surface area (Å²) >= 11 is 12.7. The number of aryl methyl sites for hydroxylation is 1. The van der Waals surface area contributed by atoms with Crippen LogP contribution in [0.2, 0.25) is 10.0 Å². The summed E-state index contributed by atoms with van der Waals surface area (Å²) in [7, 11) is 0. The van der Waals surface area contributed by atoms with Gasteiger partial charge < -0.3 is 20.5 Å². The van der Waals surface area contributed by atoms with Gasteiger partial charge in [-0.25, -0.2) is 14.6 Å². The zero-order chi connectivity index (χ0) is 23.6. The fraction of sp³-hybridized carbons (Fsp3) is 0.318. The van der Waals surface area contributed by atoms with Gasteiger partial charge in [0.2, 0.25) is 5.58 Å². The molecule has 1 saturated heterocycles. The van der Waals surface area contributed by atoms with Gasteiger partial charge in [0.1, 0.15) is 12.2 Å². The van der Waals surface area contributed by atoms with Crippen LogP contribution in [-0.2, 0) is 0 Å². The molecule has 1 aromatic carbocycles. The highest BCUT2D eigenvalue weighted by atomic mass is 35.5. The number of carbonyl (C=O) groups excluding carboxylic acids is 1. The number of benzene rings is 1. The maximum Gasteiger partial charge on any atom is 0.253 e. The summed E-state index contributed by atoms with van der Waals surface area (Å²) in [6.45, 7) is 2.54. The van der Waals surface area contributed by atoms with E-state index >= 15 is 0 Å². The van der Waals surface area contributed by atoms with E-state index in [2.05, 4.69) is 30.4 Å². The second kappa shape index (κ2) is 7.85. The molecule has 1 aliphatic heterocycles. The number of nitrogens with one attached hydrogen (secondary N) is 1. The van der Waals surface area contributed by atoms with Gasteiger partial charge in [-0.2, -0.15) is 5.10 Å². The van der Waals surface area contributed by atoms with Crippen molar-refractivity contribution in [3.63, 3.8) is 0 Å². The molecule has 1 saturated carbocycles. The van der Waals surface area contributed by atoms with Crippen molar-refractivity contribution < 1.29 is 9.32 Å². The van der Waals surface area contributed by atoms with Crippen molar-refractivity contribution in [2.75, 3.05) is 17.2 Å². The maximum absolute atomic E-state index is 13.2. The smallest absolute Gasteiger partial charge is 0.253 e. The zero-order valence-corrected chi connectivity index (χ0v) is 19.6. The number of piperidine rings is 1. The van der Waals surface area contributed by atoms with Crippen molar-refractivity contribution in [3.05, 3.63) is 52.2 Å². The molecule has 2 aliphatic rings. The van der Waals surface area contributed by atoms with E-state index in [4.69, 9.17) is 33.5 Å². The van der Waals surface area contributed by atoms with Crippen molar-refractivity contribution >= 4 is 51.7 Å². The molecule has 174 valence electrons. The predicted octanol–water partition coefficient (Wildman–Crippen LogP) is 3.40. The summed E-state index contributed by atoms with van der Waals surface area (Å²) in [5.74, 6) is 1.59. The number of fused-ring (bicyclic) bond motifs is 3. The predicted molar refractivity (Wildman–Crippen MR) is 127 cm³/mol. The van der Waals surface area contributed by atoms with E-state index in [-0.39, 0.29) is 29.7 Å². The Labute approximate surface area is 204 Å². The molecule has 3 N–H and O–H groups in total. The summed E-state index contributed by atoms with van der Waals surface area (Å²) in [5, 5.41) is 12.6. The first-order valence-corrected chi connectivity index (χ1v) is 11.6. The monoisotopic (exact) mass is 498 g/mol. The molecule has 10 nitrogen and oxygen atoms in total. The van der Waals surface area contributed by atoms with Crippen molar-refractivity contribution in [2.24, 2.45) is 5.92 Å². The van der Waals surface area contributed by atoms with Crippen LogP contribution in [0.25, 0.3) is 16.7 Å². The van der Waals surface area contributed by atoms with E-state index in [9.17, 15) is 4.79 Å². The van der Waals surface area contributed by atoms with Gasteiger partial charge in [-0.3, -0.25) is 4.79 Å². The van der Waals surface area contributed by atoms with Gasteiger partial charge in [0.25, 0.3) is 5.91 Å². The average Bonchev–Trinajstić information content (AvgIpc) is 3.59. The average molecular weight is 499 g/mol. The van der Waals surface area contributed by atoms with Crippen LogP contribution in [0.3, 0.4) is 0 Å². The Hall–Kier alpha value is -3.37. The molecular weight excluding hydrogens is 479 g/mol. The fourth-order valence-electron chi connectivity index (χ4n) is 5.12. The Balaban J connectivity index is 1.24. The zero-order valence-electron chi connectivity index (χ0n) is 18.1. The van der Waals surface area contributed by atoms with Crippen molar-refractivity contribution in [1.29, 1.82) is 0 Å². The molecule has 3 unspecified atom stereocenters. The first-order chi connectivity index (χ1) is 16.4. The van der Waals surface area contributed by atoms with Crippen LogP contribution in [0.1, 0.15) is 29.0 Å². The Bertz CT molecular complexity index is 1430. The van der Waals surface area contributed by atoms with Crippen LogP contribution in [0.4, 0.5) is 11.6 Å². The lowest BCUT2D eigenvalue weighted by Gasteiger charge is -2.28. The molecule has 2 fully saturated rings. The molecule has 0 radical (unpaired) electrons. The Kier molecular flexibility index (Phi) is 4.89. The Morgan fingerprint density at radius 1 is 1.24 bits per heavy atom. The van der Waals surface area contributed by atoms with Crippen LogP contribution < -0.4 is 16.0 Å². The minimum absolute atomic E-state index is 0.0472. The van der Waals surface area contributed by atoms with Crippen LogP contribution >= 0.6 is 23.2 Å². The Morgan fingerprint density at radius 2 is 2.09 bits per heavy atom. The molecule has 4 heterocycles. The highest BCUT2D eigenvalue weighted by molar-refractivity contribution is 6.36. The highest BCUT2D eigenvalue weighted by Crippen LogP contribution is 2.43. The number of carbonyl (C=O) groups is 1. The number of pyridine rings is 1. The number of nitrogens with zero attached hydrogens (tertiary/aromatic N) is 6. The second-order valence-corrected chi connectivity index (χ2v) is 9.47. The number of anilines is 2. The molecule has 3 atom stereocenters. The molecule has 0 spiro atoms. The number of hydrogen-bond donors (Lipinski definition) is 2. The topological polar surface area (TPSA) is 128 Å². The molecule has 1 aliphatic carbocycles. The van der Waals surface area contributed by atoms with Crippen molar-refractivity contribution in [3.8, 4) is 5.69 Å². The van der Waals surface area contributed by atoms with E-state index in [0.717, 1.165) is 25.1 Å². The van der Waals surface area contributed by atoms with E-state index in [0.29, 0.717) is 38.2 Å². The minimum atomic E-state index is -0.215. The maximum atomic E-state index is 13.2. The fourth-order valence-corrected chi connectivity index (χ4v) is 5.61. The molecule has 6 rings (SSSR count). The molecular formula is C22H20Cl2N8O2. The number of rotatable bonds is 4. The van der Waals surface area contributed by atoms with Gasteiger partial charge >= 0.3 is 0 Å². The quantitative estimate of drug-likeness (QED) is 0.437. The lowest BCUT2D eigenvalue weighted by atomic mass is 10.1. The van der Waals surface area contributed by atoms with E-state index in [1.54, 1.807) is 42.3 Å². The number of aromatic nitrogens is 5. The SMILES string of the molecule is Cc1ncn(-c2ccc(C(=O)NC3C4CCC3N(c3ncc(Cl)c5c(N)noc35)C4)c(Cl)c2)n1. The first kappa shape index (κ1) is 21.2. The minimum Gasteiger partial charge on any atom is -0.380 e. The van der Waals surface area contributed by atoms with E-state index < -0.39 is 0 Å². The van der Waals surface area contributed by atoms with Crippen LogP contribution in [-0.4, -0.2) is 49.4 Å². The summed E-state index contributed by atoms with van der Waals surface area (Å²) in [6, 6.07) is 5.23. The molecule has 4 aromatic rings. The van der Waals surface area contributed by atoms with Gasteiger partial charge in [-0.05, 0) is 43.9 Å². The van der Waals surface area contributed by atoms with Crippen LogP contribution in [0.15, 0.2) is 35.2 Å². The summed E-state index contributed by atoms with van der Waals surface area (Å²) in [6.07, 6.45) is 5.10. The molecule has 1 amide bonds. The number of hydrogen-bond acceptors (Lipinski definition) is 8. The number of amides is 1. The molecule has 12 heteroatoms. The number of nitrogens with two attached hydrogens (primary N) is 1. The van der Waals surface area contributed by atoms with Gasteiger partial charge in [-0.15, -0.1) is 0 Å². The van der Waals surface area contributed by atoms with Crippen molar-refractivity contribution in [2.45, 2.75) is 31.8 Å². The highest BCUT2D eigenvalue weighted by Gasteiger charge is 2.49. The largest absolute Gasteiger partial charge is 0.380 e. The summed E-state index contributed by atoms with van der Waals surface area (Å²) < 4.78 is 7.07. The third kappa shape index (κ3) is 3.28. The number of halogens is 2. The first-order valence-electron chi connectivity index (χ1n) is 10.9. The van der Waals surface area contributed by atoms with Crippen LogP contribution in [0, 0.1) is 12.8 Å². The van der Waals surface area contributed by atoms with E-state index in [1.165, 1.54) is 0 Å². The third-order valence-corrected chi connectivity index (χ3v) is 7.29. The van der Waals surface area contributed by atoms with Crippen LogP contribution in [0.5, 0.6) is 0 Å². The third-order valence-electron chi connectivity index (χ3n) is 6.69. The van der Waals surface area contributed by atoms with Gasteiger partial charge in [0.15, 0.2) is 11.6 Å². The Morgan fingerprint density at radius 3 is 2.85 bits per heavy atom. The lowest BCUT2D eigenvalue weighted by molar-refractivity contribution is 0.0932. The number of nitrogen functional groups attached to an aromatic ring is 1. The normalized spacial score (nSPS) is 21.5. The van der Waals surface area contributed by atoms with E-state index in [1.807, 2.05) is 0 Å². The summed E-state index contributed by atoms with van der Waals surface area (Å²) in [4.78, 5) is 24.0.